The Bertz CT molecular complexity index is 810. The second-order valence-electron chi connectivity index (χ2n) is 7.76. The van der Waals surface area contributed by atoms with Crippen LogP contribution < -0.4 is 5.32 Å². The van der Waals surface area contributed by atoms with Crippen LogP contribution in [0.4, 0.5) is 0 Å². The second kappa shape index (κ2) is 8.97. The maximum atomic E-state index is 5.99. The highest BCUT2D eigenvalue weighted by atomic mass is 16.5. The van der Waals surface area contributed by atoms with E-state index in [0.717, 1.165) is 64.6 Å². The van der Waals surface area contributed by atoms with Crippen LogP contribution in [0.25, 0.3) is 10.9 Å². The number of morpholine rings is 1. The average Bonchev–Trinajstić information content (AvgIpc) is 3.37. The van der Waals surface area contributed by atoms with Crippen molar-refractivity contribution in [3.05, 3.63) is 35.5 Å². The summed E-state index contributed by atoms with van der Waals surface area (Å²) in [6.45, 7) is 9.21. The molecule has 6 nitrogen and oxygen atoms in total. The van der Waals surface area contributed by atoms with Crippen molar-refractivity contribution < 1.29 is 9.47 Å². The summed E-state index contributed by atoms with van der Waals surface area (Å²) < 4.78 is 11.8. The first-order valence-corrected chi connectivity index (χ1v) is 10.6. The summed E-state index contributed by atoms with van der Waals surface area (Å²) in [6.07, 6.45) is 5.68. The van der Waals surface area contributed by atoms with Gasteiger partial charge in [-0.25, -0.2) is 0 Å². The van der Waals surface area contributed by atoms with Crippen LogP contribution in [0.1, 0.15) is 30.9 Å². The first-order chi connectivity index (χ1) is 13.7. The van der Waals surface area contributed by atoms with Crippen LogP contribution >= 0.6 is 0 Å². The van der Waals surface area contributed by atoms with Gasteiger partial charge in [-0.1, -0.05) is 12.1 Å². The fourth-order valence-electron chi connectivity index (χ4n) is 4.20. The van der Waals surface area contributed by atoms with E-state index in [9.17, 15) is 0 Å². The third kappa shape index (κ3) is 4.33. The summed E-state index contributed by atoms with van der Waals surface area (Å²) in [6, 6.07) is 6.58. The van der Waals surface area contributed by atoms with Gasteiger partial charge < -0.3 is 24.7 Å². The molecule has 0 aliphatic carbocycles. The Kier molecular flexibility index (Phi) is 6.17. The molecule has 152 valence electrons. The first-order valence-electron chi connectivity index (χ1n) is 10.6. The lowest BCUT2D eigenvalue weighted by Crippen LogP contribution is -2.53. The zero-order chi connectivity index (χ0) is 19.3. The Labute approximate surface area is 167 Å². The molecule has 28 heavy (non-hydrogen) atoms. The molecule has 1 aromatic carbocycles. The fourth-order valence-corrected chi connectivity index (χ4v) is 4.20. The SMILES string of the molecule is CCNC(=NCCc1c[nH]c2cc(C)ccc12)N1CCOC(C2CCCO2)C1. The van der Waals surface area contributed by atoms with E-state index in [4.69, 9.17) is 14.5 Å². The number of rotatable bonds is 5. The Hall–Kier alpha value is -2.05. The van der Waals surface area contributed by atoms with E-state index in [1.807, 2.05) is 0 Å². The second-order valence-corrected chi connectivity index (χ2v) is 7.76. The number of fused-ring (bicyclic) bond motifs is 1. The van der Waals surface area contributed by atoms with Crippen molar-refractivity contribution >= 4 is 16.9 Å². The minimum absolute atomic E-state index is 0.150. The van der Waals surface area contributed by atoms with Crippen LogP contribution in [0.2, 0.25) is 0 Å². The van der Waals surface area contributed by atoms with Gasteiger partial charge in [-0.15, -0.1) is 0 Å². The molecule has 0 radical (unpaired) electrons. The standard InChI is InChI=1S/C22H32N4O2/c1-3-23-22(26-10-12-28-21(15-26)20-5-4-11-27-20)24-9-8-17-14-25-19-13-16(2)6-7-18(17)19/h6-7,13-14,20-21,25H,3-5,8-12,15H2,1-2H3,(H,23,24). The van der Waals surface area contributed by atoms with Crippen molar-refractivity contribution in [3.8, 4) is 0 Å². The number of hydrogen-bond donors (Lipinski definition) is 2. The van der Waals surface area contributed by atoms with E-state index in [0.29, 0.717) is 0 Å². The molecule has 2 atom stereocenters. The Morgan fingerprint density at radius 3 is 3.00 bits per heavy atom. The van der Waals surface area contributed by atoms with Gasteiger partial charge in [0.15, 0.2) is 5.96 Å². The zero-order valence-electron chi connectivity index (χ0n) is 17.0. The normalized spacial score (nSPS) is 23.5. The predicted octanol–water partition coefficient (Wildman–Crippen LogP) is 2.86. The monoisotopic (exact) mass is 384 g/mol. The Balaban J connectivity index is 1.41. The number of aliphatic imine (C=N–C) groups is 1. The van der Waals surface area contributed by atoms with Gasteiger partial charge in [-0.05, 0) is 50.3 Å². The van der Waals surface area contributed by atoms with Gasteiger partial charge in [0, 0.05) is 49.9 Å². The topological polar surface area (TPSA) is 61.9 Å². The molecule has 1 aromatic heterocycles. The molecule has 6 heteroatoms. The van der Waals surface area contributed by atoms with Gasteiger partial charge in [0.05, 0.1) is 12.7 Å². The largest absolute Gasteiger partial charge is 0.375 e. The predicted molar refractivity (Wildman–Crippen MR) is 113 cm³/mol. The van der Waals surface area contributed by atoms with Gasteiger partial charge >= 0.3 is 0 Å². The van der Waals surface area contributed by atoms with Gasteiger partial charge in [0.2, 0.25) is 0 Å². The zero-order valence-corrected chi connectivity index (χ0v) is 17.0. The summed E-state index contributed by atoms with van der Waals surface area (Å²) in [5.74, 6) is 0.990. The third-order valence-electron chi connectivity index (χ3n) is 5.67. The summed E-state index contributed by atoms with van der Waals surface area (Å²) in [5, 5.41) is 4.76. The molecule has 0 saturated carbocycles. The molecule has 2 aliphatic heterocycles. The van der Waals surface area contributed by atoms with E-state index < -0.39 is 0 Å². The van der Waals surface area contributed by atoms with Crippen LogP contribution in [-0.2, 0) is 15.9 Å². The number of guanidine groups is 1. The molecule has 2 aromatic rings. The highest BCUT2D eigenvalue weighted by molar-refractivity contribution is 5.84. The number of ether oxygens (including phenoxy) is 2. The smallest absolute Gasteiger partial charge is 0.194 e. The molecule has 2 unspecified atom stereocenters. The minimum atomic E-state index is 0.150. The number of aryl methyl sites for hydroxylation is 1. The van der Waals surface area contributed by atoms with Crippen LogP contribution in [-0.4, -0.2) is 67.4 Å². The highest BCUT2D eigenvalue weighted by Gasteiger charge is 2.32. The quantitative estimate of drug-likeness (QED) is 0.615. The number of aromatic nitrogens is 1. The number of H-pyrrole nitrogens is 1. The molecule has 2 aliphatic rings. The van der Waals surface area contributed by atoms with Crippen molar-refractivity contribution in [2.45, 2.75) is 45.3 Å². The van der Waals surface area contributed by atoms with E-state index in [1.165, 1.54) is 22.0 Å². The molecule has 4 rings (SSSR count). The lowest BCUT2D eigenvalue weighted by molar-refractivity contribution is -0.0817. The molecule has 0 amide bonds. The molecule has 0 spiro atoms. The van der Waals surface area contributed by atoms with Gasteiger partial charge in [0.25, 0.3) is 0 Å². The van der Waals surface area contributed by atoms with Crippen molar-refractivity contribution in [1.82, 2.24) is 15.2 Å². The van der Waals surface area contributed by atoms with E-state index in [2.05, 4.69) is 53.4 Å². The minimum Gasteiger partial charge on any atom is -0.375 e. The van der Waals surface area contributed by atoms with E-state index in [-0.39, 0.29) is 12.2 Å². The van der Waals surface area contributed by atoms with Crippen molar-refractivity contribution in [3.63, 3.8) is 0 Å². The number of aromatic amines is 1. The average molecular weight is 385 g/mol. The van der Waals surface area contributed by atoms with Crippen LogP contribution in [0.3, 0.4) is 0 Å². The van der Waals surface area contributed by atoms with Gasteiger partial charge in [0.1, 0.15) is 6.10 Å². The lowest BCUT2D eigenvalue weighted by atomic mass is 10.1. The van der Waals surface area contributed by atoms with Crippen LogP contribution in [0.15, 0.2) is 29.4 Å². The van der Waals surface area contributed by atoms with Crippen molar-refractivity contribution in [2.24, 2.45) is 4.99 Å². The van der Waals surface area contributed by atoms with Gasteiger partial charge in [-0.3, -0.25) is 4.99 Å². The fraction of sp³-hybridized carbons (Fsp3) is 0.591. The van der Waals surface area contributed by atoms with Crippen LogP contribution in [0.5, 0.6) is 0 Å². The highest BCUT2D eigenvalue weighted by Crippen LogP contribution is 2.22. The first kappa shape index (κ1) is 19.3. The van der Waals surface area contributed by atoms with E-state index >= 15 is 0 Å². The number of nitrogens with one attached hydrogen (secondary N) is 2. The molecular formula is C22H32N4O2. The lowest BCUT2D eigenvalue weighted by Gasteiger charge is -2.37. The molecule has 2 fully saturated rings. The maximum absolute atomic E-state index is 5.99. The molecule has 0 bridgehead atoms. The number of benzene rings is 1. The molecule has 3 heterocycles. The van der Waals surface area contributed by atoms with Crippen molar-refractivity contribution in [2.75, 3.05) is 39.4 Å². The summed E-state index contributed by atoms with van der Waals surface area (Å²) in [5.41, 5.74) is 3.81. The van der Waals surface area contributed by atoms with Gasteiger partial charge in [-0.2, -0.15) is 0 Å². The summed E-state index contributed by atoms with van der Waals surface area (Å²) >= 11 is 0. The van der Waals surface area contributed by atoms with Crippen molar-refractivity contribution in [1.29, 1.82) is 0 Å². The Morgan fingerprint density at radius 1 is 1.29 bits per heavy atom. The molecule has 2 N–H and O–H groups in total. The number of nitrogens with zero attached hydrogens (tertiary/aromatic N) is 2. The maximum Gasteiger partial charge on any atom is 0.194 e. The Morgan fingerprint density at radius 2 is 2.18 bits per heavy atom. The third-order valence-corrected chi connectivity index (χ3v) is 5.67. The number of hydrogen-bond acceptors (Lipinski definition) is 3. The summed E-state index contributed by atoms with van der Waals surface area (Å²) in [7, 11) is 0. The molecular weight excluding hydrogens is 352 g/mol. The van der Waals surface area contributed by atoms with E-state index in [1.54, 1.807) is 0 Å². The van der Waals surface area contributed by atoms with Crippen LogP contribution in [0, 0.1) is 6.92 Å². The summed E-state index contributed by atoms with van der Waals surface area (Å²) in [4.78, 5) is 10.6. The molecule has 2 saturated heterocycles.